The summed E-state index contributed by atoms with van der Waals surface area (Å²) in [4.78, 5) is 12.2. The highest BCUT2D eigenvalue weighted by Crippen LogP contribution is 2.24. The Morgan fingerprint density at radius 2 is 2.08 bits per heavy atom. The van der Waals surface area contributed by atoms with E-state index in [4.69, 9.17) is 4.74 Å². The molecule has 3 rings (SSSR count). The zero-order valence-corrected chi connectivity index (χ0v) is 14.7. The third kappa shape index (κ3) is 4.29. The van der Waals surface area contributed by atoms with Crippen molar-refractivity contribution in [2.24, 2.45) is 5.92 Å². The number of benzene rings is 1. The van der Waals surface area contributed by atoms with Crippen molar-refractivity contribution in [2.45, 2.75) is 39.3 Å². The molecule has 1 atom stereocenters. The molecule has 0 bridgehead atoms. The SMILES string of the molecule is CC(C)[C@H](NC(=O)NCCOc1ccccc1)c1nnc2n1CCC2. The van der Waals surface area contributed by atoms with Crippen LogP contribution in [0, 0.1) is 5.92 Å². The monoisotopic (exact) mass is 343 g/mol. The Morgan fingerprint density at radius 3 is 2.84 bits per heavy atom. The highest BCUT2D eigenvalue weighted by molar-refractivity contribution is 5.74. The predicted molar refractivity (Wildman–Crippen MR) is 94.4 cm³/mol. The van der Waals surface area contributed by atoms with Gasteiger partial charge in [-0.2, -0.15) is 0 Å². The largest absolute Gasteiger partial charge is 0.492 e. The van der Waals surface area contributed by atoms with Gasteiger partial charge in [0, 0.05) is 13.0 Å². The minimum absolute atomic E-state index is 0.158. The number of aromatic nitrogens is 3. The minimum atomic E-state index is -0.217. The molecule has 7 heteroatoms. The molecule has 0 aliphatic carbocycles. The first kappa shape index (κ1) is 17.3. The molecule has 0 radical (unpaired) electrons. The van der Waals surface area contributed by atoms with E-state index in [2.05, 4.69) is 39.2 Å². The maximum atomic E-state index is 12.2. The molecular weight excluding hydrogens is 318 g/mol. The van der Waals surface area contributed by atoms with Crippen molar-refractivity contribution < 1.29 is 9.53 Å². The number of nitrogens with one attached hydrogen (secondary N) is 2. The number of rotatable bonds is 7. The van der Waals surface area contributed by atoms with Gasteiger partial charge in [-0.05, 0) is 24.5 Å². The van der Waals surface area contributed by atoms with E-state index in [0.29, 0.717) is 13.2 Å². The molecule has 0 saturated heterocycles. The van der Waals surface area contributed by atoms with Gasteiger partial charge in [-0.3, -0.25) is 0 Å². The fraction of sp³-hybridized carbons (Fsp3) is 0.500. The molecule has 25 heavy (non-hydrogen) atoms. The molecule has 1 aromatic carbocycles. The Balaban J connectivity index is 1.49. The Hall–Kier alpha value is -2.57. The van der Waals surface area contributed by atoms with Crippen LogP contribution in [0.15, 0.2) is 30.3 Å². The zero-order valence-electron chi connectivity index (χ0n) is 14.7. The Kier molecular flexibility index (Phi) is 5.53. The van der Waals surface area contributed by atoms with Gasteiger partial charge in [-0.15, -0.1) is 10.2 Å². The molecule has 134 valence electrons. The molecule has 0 spiro atoms. The number of para-hydroxylation sites is 1. The molecule has 2 amide bonds. The fourth-order valence-electron chi connectivity index (χ4n) is 2.97. The third-order valence-corrected chi connectivity index (χ3v) is 4.27. The second-order valence-corrected chi connectivity index (χ2v) is 6.51. The van der Waals surface area contributed by atoms with E-state index in [1.807, 2.05) is 30.3 Å². The van der Waals surface area contributed by atoms with Crippen LogP contribution < -0.4 is 15.4 Å². The van der Waals surface area contributed by atoms with Gasteiger partial charge in [0.2, 0.25) is 0 Å². The molecule has 0 unspecified atom stereocenters. The Labute approximate surface area is 147 Å². The molecule has 1 aliphatic rings. The standard InChI is InChI=1S/C18H25N5O2/c1-13(2)16(17-22-21-15-9-6-11-23(15)17)20-18(24)19-10-12-25-14-7-4-3-5-8-14/h3-5,7-8,13,16H,6,9-12H2,1-2H3,(H2,19,20,24)/t16-/m0/s1. The van der Waals surface area contributed by atoms with E-state index >= 15 is 0 Å². The molecule has 2 aromatic rings. The van der Waals surface area contributed by atoms with Crippen molar-refractivity contribution in [1.29, 1.82) is 0 Å². The molecule has 2 heterocycles. The Bertz CT molecular complexity index is 699. The van der Waals surface area contributed by atoms with E-state index in [1.54, 1.807) is 0 Å². The lowest BCUT2D eigenvalue weighted by atomic mass is 10.0. The van der Waals surface area contributed by atoms with Crippen LogP contribution in [-0.2, 0) is 13.0 Å². The fourth-order valence-corrected chi connectivity index (χ4v) is 2.97. The summed E-state index contributed by atoms with van der Waals surface area (Å²) in [6.07, 6.45) is 2.05. The van der Waals surface area contributed by atoms with Crippen LogP contribution in [0.4, 0.5) is 4.79 Å². The third-order valence-electron chi connectivity index (χ3n) is 4.27. The maximum absolute atomic E-state index is 12.2. The lowest BCUT2D eigenvalue weighted by Gasteiger charge is -2.22. The number of aryl methyl sites for hydroxylation is 1. The van der Waals surface area contributed by atoms with E-state index in [1.165, 1.54) is 0 Å². The van der Waals surface area contributed by atoms with Gasteiger partial charge >= 0.3 is 6.03 Å². The van der Waals surface area contributed by atoms with Gasteiger partial charge in [0.25, 0.3) is 0 Å². The van der Waals surface area contributed by atoms with Crippen molar-refractivity contribution >= 4 is 6.03 Å². The number of nitrogens with zero attached hydrogens (tertiary/aromatic N) is 3. The molecule has 2 N–H and O–H groups in total. The van der Waals surface area contributed by atoms with Crippen molar-refractivity contribution in [3.63, 3.8) is 0 Å². The average Bonchev–Trinajstić information content (AvgIpc) is 3.21. The summed E-state index contributed by atoms with van der Waals surface area (Å²) >= 11 is 0. The normalized spacial score (nSPS) is 14.2. The van der Waals surface area contributed by atoms with Gasteiger partial charge in [-0.1, -0.05) is 32.0 Å². The van der Waals surface area contributed by atoms with Gasteiger partial charge < -0.3 is 19.9 Å². The Morgan fingerprint density at radius 1 is 1.28 bits per heavy atom. The molecule has 7 nitrogen and oxygen atoms in total. The molecule has 1 aliphatic heterocycles. The highest BCUT2D eigenvalue weighted by atomic mass is 16.5. The summed E-state index contributed by atoms with van der Waals surface area (Å²) in [5, 5.41) is 14.4. The lowest BCUT2D eigenvalue weighted by Crippen LogP contribution is -2.42. The van der Waals surface area contributed by atoms with Gasteiger partial charge in [0.15, 0.2) is 5.82 Å². The summed E-state index contributed by atoms with van der Waals surface area (Å²) in [6, 6.07) is 9.17. The highest BCUT2D eigenvalue weighted by Gasteiger charge is 2.27. The molecule has 0 fully saturated rings. The number of ether oxygens (including phenoxy) is 1. The lowest BCUT2D eigenvalue weighted by molar-refractivity contribution is 0.227. The second-order valence-electron chi connectivity index (χ2n) is 6.51. The molecular formula is C18H25N5O2. The van der Waals surface area contributed by atoms with Crippen LogP contribution in [-0.4, -0.2) is 33.9 Å². The van der Waals surface area contributed by atoms with E-state index < -0.39 is 0 Å². The number of carbonyl (C=O) groups is 1. The zero-order chi connectivity index (χ0) is 17.6. The molecule has 1 aromatic heterocycles. The first-order chi connectivity index (χ1) is 12.1. The number of amides is 2. The first-order valence-corrected chi connectivity index (χ1v) is 8.79. The van der Waals surface area contributed by atoms with Crippen LogP contribution in [0.5, 0.6) is 5.75 Å². The number of hydrogen-bond donors (Lipinski definition) is 2. The summed E-state index contributed by atoms with van der Waals surface area (Å²) in [5.41, 5.74) is 0. The van der Waals surface area contributed by atoms with Crippen LogP contribution in [0.3, 0.4) is 0 Å². The van der Waals surface area contributed by atoms with Crippen LogP contribution in [0.1, 0.15) is 38.0 Å². The number of urea groups is 1. The number of hydrogen-bond acceptors (Lipinski definition) is 4. The van der Waals surface area contributed by atoms with Gasteiger partial charge in [-0.25, -0.2) is 4.79 Å². The van der Waals surface area contributed by atoms with Gasteiger partial charge in [0.05, 0.1) is 12.6 Å². The summed E-state index contributed by atoms with van der Waals surface area (Å²) in [7, 11) is 0. The van der Waals surface area contributed by atoms with Crippen molar-refractivity contribution in [3.05, 3.63) is 42.0 Å². The quantitative estimate of drug-likeness (QED) is 0.756. The number of carbonyl (C=O) groups excluding carboxylic acids is 1. The van der Waals surface area contributed by atoms with Gasteiger partial charge in [0.1, 0.15) is 18.2 Å². The predicted octanol–water partition coefficient (Wildman–Crippen LogP) is 2.30. The summed E-state index contributed by atoms with van der Waals surface area (Å²) in [6.45, 7) is 5.92. The average molecular weight is 343 g/mol. The first-order valence-electron chi connectivity index (χ1n) is 8.79. The van der Waals surface area contributed by atoms with E-state index in [9.17, 15) is 4.79 Å². The van der Waals surface area contributed by atoms with Crippen molar-refractivity contribution in [2.75, 3.05) is 13.2 Å². The van der Waals surface area contributed by atoms with Crippen LogP contribution in [0.2, 0.25) is 0 Å². The van der Waals surface area contributed by atoms with E-state index in [-0.39, 0.29) is 18.0 Å². The van der Waals surface area contributed by atoms with Crippen LogP contribution >= 0.6 is 0 Å². The van der Waals surface area contributed by atoms with Crippen LogP contribution in [0.25, 0.3) is 0 Å². The maximum Gasteiger partial charge on any atom is 0.315 e. The topological polar surface area (TPSA) is 81.1 Å². The van der Waals surface area contributed by atoms with E-state index in [0.717, 1.165) is 36.8 Å². The molecule has 0 saturated carbocycles. The summed E-state index contributed by atoms with van der Waals surface area (Å²) in [5.74, 6) is 2.88. The smallest absolute Gasteiger partial charge is 0.315 e. The minimum Gasteiger partial charge on any atom is -0.492 e. The second kappa shape index (κ2) is 8.00. The van der Waals surface area contributed by atoms with Crippen molar-refractivity contribution in [3.8, 4) is 5.75 Å². The van der Waals surface area contributed by atoms with Crippen molar-refractivity contribution in [1.82, 2.24) is 25.4 Å². The summed E-state index contributed by atoms with van der Waals surface area (Å²) < 4.78 is 7.70. The number of fused-ring (bicyclic) bond motifs is 1.